The lowest BCUT2D eigenvalue weighted by Crippen LogP contribution is -2.15. The van der Waals surface area contributed by atoms with Gasteiger partial charge in [0.1, 0.15) is 17.3 Å². The lowest BCUT2D eigenvalue weighted by atomic mass is 10.2. The molecule has 0 atom stereocenters. The highest BCUT2D eigenvalue weighted by Gasteiger charge is 2.12. The highest BCUT2D eigenvalue weighted by molar-refractivity contribution is 6.04. The molecule has 0 aliphatic heterocycles. The zero-order valence-electron chi connectivity index (χ0n) is 14.1. The summed E-state index contributed by atoms with van der Waals surface area (Å²) in [6.45, 7) is 1.88. The zero-order chi connectivity index (χ0) is 17.9. The normalized spacial score (nSPS) is 10.7. The van der Waals surface area contributed by atoms with E-state index in [1.54, 1.807) is 36.9 Å². The Balaban J connectivity index is 1.49. The number of carbonyl (C=O) groups excluding carboxylic acids is 1. The monoisotopic (exact) mass is 344 g/mol. The van der Waals surface area contributed by atoms with E-state index in [1.807, 2.05) is 47.7 Å². The van der Waals surface area contributed by atoms with Gasteiger partial charge >= 0.3 is 0 Å². The van der Waals surface area contributed by atoms with Gasteiger partial charge < -0.3 is 14.5 Å². The Kier molecular flexibility index (Phi) is 4.07. The van der Waals surface area contributed by atoms with Crippen molar-refractivity contribution in [2.75, 3.05) is 5.32 Å². The number of pyridine rings is 2. The number of benzene rings is 1. The fraction of sp³-hybridized carbons (Fsp3) is 0.0500. The zero-order valence-corrected chi connectivity index (χ0v) is 14.1. The molecule has 3 heterocycles. The lowest BCUT2D eigenvalue weighted by molar-refractivity contribution is 0.102. The first-order valence-electron chi connectivity index (χ1n) is 8.13. The van der Waals surface area contributed by atoms with Crippen molar-refractivity contribution in [1.29, 1.82) is 0 Å². The summed E-state index contributed by atoms with van der Waals surface area (Å²) in [6, 6.07) is 16.6. The quantitative estimate of drug-likeness (QED) is 0.606. The van der Waals surface area contributed by atoms with Gasteiger partial charge in [-0.2, -0.15) is 0 Å². The molecule has 128 valence electrons. The highest BCUT2D eigenvalue weighted by atomic mass is 16.5. The fourth-order valence-corrected chi connectivity index (χ4v) is 2.69. The molecule has 1 N–H and O–H groups in total. The van der Waals surface area contributed by atoms with Crippen LogP contribution in [-0.4, -0.2) is 20.3 Å². The number of ether oxygens (including phenoxy) is 1. The smallest absolute Gasteiger partial charge is 0.258 e. The Bertz CT molecular complexity index is 1060. The molecule has 0 radical (unpaired) electrons. The van der Waals surface area contributed by atoms with E-state index in [-0.39, 0.29) is 5.91 Å². The molecule has 0 saturated carbocycles. The molecule has 26 heavy (non-hydrogen) atoms. The summed E-state index contributed by atoms with van der Waals surface area (Å²) in [4.78, 5) is 20.9. The number of rotatable bonds is 4. The molecule has 0 aliphatic carbocycles. The Morgan fingerprint density at radius 2 is 1.85 bits per heavy atom. The highest BCUT2D eigenvalue weighted by Crippen LogP contribution is 2.21. The second-order valence-electron chi connectivity index (χ2n) is 5.77. The molecule has 6 heteroatoms. The van der Waals surface area contributed by atoms with Crippen LogP contribution in [0.2, 0.25) is 0 Å². The number of hydrogen-bond donors (Lipinski definition) is 1. The van der Waals surface area contributed by atoms with Crippen molar-refractivity contribution in [3.63, 3.8) is 0 Å². The van der Waals surface area contributed by atoms with Crippen molar-refractivity contribution in [1.82, 2.24) is 14.4 Å². The van der Waals surface area contributed by atoms with Crippen molar-refractivity contribution in [2.24, 2.45) is 0 Å². The molecule has 0 fully saturated rings. The van der Waals surface area contributed by atoms with Gasteiger partial charge in [-0.05, 0) is 43.3 Å². The predicted octanol–water partition coefficient (Wildman–Crippen LogP) is 4.08. The summed E-state index contributed by atoms with van der Waals surface area (Å²) in [6.07, 6.45) is 5.02. The topological polar surface area (TPSA) is 68.5 Å². The number of fused-ring (bicyclic) bond motifs is 1. The van der Waals surface area contributed by atoms with Gasteiger partial charge in [0.2, 0.25) is 0 Å². The van der Waals surface area contributed by atoms with Crippen LogP contribution in [0.5, 0.6) is 11.5 Å². The van der Waals surface area contributed by atoms with Crippen LogP contribution < -0.4 is 10.1 Å². The number of nitrogens with zero attached hydrogens (tertiary/aromatic N) is 3. The Hall–Kier alpha value is -3.67. The van der Waals surface area contributed by atoms with Crippen molar-refractivity contribution in [3.05, 3.63) is 84.6 Å². The van der Waals surface area contributed by atoms with E-state index >= 15 is 0 Å². The first kappa shape index (κ1) is 15.8. The van der Waals surface area contributed by atoms with Crippen LogP contribution in [0.1, 0.15) is 16.1 Å². The summed E-state index contributed by atoms with van der Waals surface area (Å²) in [7, 11) is 0. The summed E-state index contributed by atoms with van der Waals surface area (Å²) in [5.74, 6) is 1.57. The number of aryl methyl sites for hydroxylation is 1. The molecule has 1 amide bonds. The van der Waals surface area contributed by atoms with Gasteiger partial charge in [0.25, 0.3) is 5.91 Å². The van der Waals surface area contributed by atoms with E-state index in [0.717, 1.165) is 17.0 Å². The van der Waals surface area contributed by atoms with Crippen LogP contribution in [0.3, 0.4) is 0 Å². The maximum Gasteiger partial charge on any atom is 0.258 e. The largest absolute Gasteiger partial charge is 0.456 e. The van der Waals surface area contributed by atoms with Gasteiger partial charge in [-0.1, -0.05) is 18.2 Å². The van der Waals surface area contributed by atoms with E-state index in [2.05, 4.69) is 15.3 Å². The first-order chi connectivity index (χ1) is 12.7. The minimum atomic E-state index is -0.220. The van der Waals surface area contributed by atoms with E-state index in [0.29, 0.717) is 17.1 Å². The van der Waals surface area contributed by atoms with Crippen LogP contribution in [-0.2, 0) is 0 Å². The Labute approximate surface area is 150 Å². The van der Waals surface area contributed by atoms with Gasteiger partial charge in [-0.15, -0.1) is 0 Å². The SMILES string of the molecule is Cc1c(C(=O)Nc2ccc(Oc3ccccc3)cn2)ccc2cncn12. The first-order valence-corrected chi connectivity index (χ1v) is 8.13. The molecular weight excluding hydrogens is 328 g/mol. The second kappa shape index (κ2) is 6.68. The van der Waals surface area contributed by atoms with Crippen LogP contribution in [0.25, 0.3) is 5.52 Å². The molecule has 3 aromatic heterocycles. The van der Waals surface area contributed by atoms with Gasteiger partial charge in [0, 0.05) is 5.69 Å². The van der Waals surface area contributed by atoms with Crippen molar-refractivity contribution in [3.8, 4) is 11.5 Å². The maximum absolute atomic E-state index is 12.6. The minimum absolute atomic E-state index is 0.220. The molecular formula is C20H16N4O2. The maximum atomic E-state index is 12.6. The molecule has 6 nitrogen and oxygen atoms in total. The minimum Gasteiger partial charge on any atom is -0.456 e. The summed E-state index contributed by atoms with van der Waals surface area (Å²) < 4.78 is 7.57. The summed E-state index contributed by atoms with van der Waals surface area (Å²) in [5, 5.41) is 2.81. The average Bonchev–Trinajstić information content (AvgIpc) is 3.14. The van der Waals surface area contributed by atoms with E-state index in [9.17, 15) is 4.79 Å². The van der Waals surface area contributed by atoms with Gasteiger partial charge in [-0.3, -0.25) is 4.79 Å². The van der Waals surface area contributed by atoms with Crippen LogP contribution in [0.15, 0.2) is 73.3 Å². The van der Waals surface area contributed by atoms with Crippen molar-refractivity contribution >= 4 is 17.2 Å². The number of amides is 1. The predicted molar refractivity (Wildman–Crippen MR) is 98.6 cm³/mol. The second-order valence-corrected chi connectivity index (χ2v) is 5.77. The number of aromatic nitrogens is 3. The number of carbonyl (C=O) groups is 1. The molecule has 0 spiro atoms. The van der Waals surface area contributed by atoms with Crippen LogP contribution >= 0.6 is 0 Å². The Morgan fingerprint density at radius 3 is 2.62 bits per heavy atom. The van der Waals surface area contributed by atoms with Crippen LogP contribution in [0, 0.1) is 6.92 Å². The summed E-state index contributed by atoms with van der Waals surface area (Å²) in [5.41, 5.74) is 2.34. The molecule has 0 saturated heterocycles. The number of para-hydroxylation sites is 1. The molecule has 0 unspecified atom stereocenters. The number of nitrogens with one attached hydrogen (secondary N) is 1. The average molecular weight is 344 g/mol. The third-order valence-electron chi connectivity index (χ3n) is 4.04. The lowest BCUT2D eigenvalue weighted by Gasteiger charge is -2.10. The van der Waals surface area contributed by atoms with Gasteiger partial charge in [-0.25, -0.2) is 9.97 Å². The third kappa shape index (κ3) is 3.12. The van der Waals surface area contributed by atoms with E-state index < -0.39 is 0 Å². The standard InChI is InChI=1S/C20H16N4O2/c1-14-18(9-7-15-11-21-13-24(14)15)20(25)23-19-10-8-17(12-22-19)26-16-5-3-2-4-6-16/h2-13H,1H3,(H,22,23,25). The molecule has 4 rings (SSSR count). The fourth-order valence-electron chi connectivity index (χ4n) is 2.69. The molecule has 0 aliphatic rings. The van der Waals surface area contributed by atoms with E-state index in [1.165, 1.54) is 0 Å². The molecule has 4 aromatic rings. The summed E-state index contributed by atoms with van der Waals surface area (Å²) >= 11 is 0. The number of hydrogen-bond acceptors (Lipinski definition) is 4. The number of anilines is 1. The Morgan fingerprint density at radius 1 is 1.00 bits per heavy atom. The van der Waals surface area contributed by atoms with Gasteiger partial charge in [0.05, 0.1) is 29.8 Å². The van der Waals surface area contributed by atoms with Crippen molar-refractivity contribution in [2.45, 2.75) is 6.92 Å². The third-order valence-corrected chi connectivity index (χ3v) is 4.04. The van der Waals surface area contributed by atoms with Crippen LogP contribution in [0.4, 0.5) is 5.82 Å². The molecule has 1 aromatic carbocycles. The van der Waals surface area contributed by atoms with E-state index in [4.69, 9.17) is 4.74 Å². The van der Waals surface area contributed by atoms with Gasteiger partial charge in [0.15, 0.2) is 0 Å². The molecule has 0 bridgehead atoms. The van der Waals surface area contributed by atoms with Crippen molar-refractivity contribution < 1.29 is 9.53 Å². The number of imidazole rings is 1.